The molecular weight excluding hydrogens is 266 g/mol. The third-order valence-corrected chi connectivity index (χ3v) is 3.00. The molecule has 1 saturated heterocycles. The Bertz CT molecular complexity index is 405. The van der Waals surface area contributed by atoms with Crippen LogP contribution in [0.25, 0.3) is 0 Å². The fourth-order valence-corrected chi connectivity index (χ4v) is 1.95. The maximum absolute atomic E-state index is 11.8. The van der Waals surface area contributed by atoms with E-state index in [1.54, 1.807) is 6.07 Å². The normalized spacial score (nSPS) is 15.6. The van der Waals surface area contributed by atoms with E-state index < -0.39 is 0 Å². The van der Waals surface area contributed by atoms with Crippen molar-refractivity contribution in [1.82, 2.24) is 4.90 Å². The average Bonchev–Trinajstić information content (AvgIpc) is 2.40. The molecule has 106 valence electrons. The summed E-state index contributed by atoms with van der Waals surface area (Å²) >= 11 is 0. The molecular formula is C14H19ClNO3-. The molecule has 0 spiro atoms. The Kier molecular flexibility index (Phi) is 6.84. The Balaban J connectivity index is 0.00000180. The summed E-state index contributed by atoms with van der Waals surface area (Å²) in [5.74, 6) is -0.244. The number of hydrogen-bond acceptors (Lipinski definition) is 4. The summed E-state index contributed by atoms with van der Waals surface area (Å²) in [6.45, 7) is 6.56. The average molecular weight is 285 g/mol. The predicted octanol–water partition coefficient (Wildman–Crippen LogP) is -1.51. The van der Waals surface area contributed by atoms with E-state index in [0.29, 0.717) is 12.2 Å². The molecule has 1 aliphatic rings. The van der Waals surface area contributed by atoms with Gasteiger partial charge in [-0.3, -0.25) is 4.90 Å². The molecule has 0 aromatic heterocycles. The van der Waals surface area contributed by atoms with Crippen LogP contribution in [-0.4, -0.2) is 50.3 Å². The fraction of sp³-hybridized carbons (Fsp3) is 0.500. The number of benzene rings is 1. The monoisotopic (exact) mass is 284 g/mol. The highest BCUT2D eigenvalue weighted by Crippen LogP contribution is 2.05. The molecule has 0 N–H and O–H groups in total. The van der Waals surface area contributed by atoms with Crippen molar-refractivity contribution in [1.29, 1.82) is 0 Å². The minimum Gasteiger partial charge on any atom is -1.00 e. The lowest BCUT2D eigenvalue weighted by molar-refractivity contribution is -0.0000366. The van der Waals surface area contributed by atoms with Gasteiger partial charge in [0.1, 0.15) is 6.61 Å². The summed E-state index contributed by atoms with van der Waals surface area (Å²) in [6, 6.07) is 7.46. The largest absolute Gasteiger partial charge is 1.00 e. The summed E-state index contributed by atoms with van der Waals surface area (Å²) < 4.78 is 10.5. The Morgan fingerprint density at radius 2 is 2.11 bits per heavy atom. The van der Waals surface area contributed by atoms with Crippen LogP contribution in [-0.2, 0) is 9.47 Å². The second-order valence-electron chi connectivity index (χ2n) is 4.46. The summed E-state index contributed by atoms with van der Waals surface area (Å²) in [5.41, 5.74) is 1.69. The standard InChI is InChI=1S/C14H19NO3.ClH/c1-12-3-2-4-13(11-12)14(16)18-10-7-15-5-8-17-9-6-15;/h2-4,11H,5-10H2,1H3;1H/p-1. The minimum atomic E-state index is -0.244. The zero-order valence-electron chi connectivity index (χ0n) is 11.1. The zero-order valence-corrected chi connectivity index (χ0v) is 11.9. The Labute approximate surface area is 120 Å². The molecule has 19 heavy (non-hydrogen) atoms. The molecule has 1 fully saturated rings. The van der Waals surface area contributed by atoms with Gasteiger partial charge in [-0.1, -0.05) is 17.7 Å². The van der Waals surface area contributed by atoms with E-state index in [1.807, 2.05) is 25.1 Å². The number of esters is 1. The molecule has 2 rings (SSSR count). The summed E-state index contributed by atoms with van der Waals surface area (Å²) in [7, 11) is 0. The van der Waals surface area contributed by atoms with E-state index in [9.17, 15) is 4.79 Å². The van der Waals surface area contributed by atoms with Crippen LogP contribution in [0.15, 0.2) is 24.3 Å². The van der Waals surface area contributed by atoms with Crippen LogP contribution in [0.1, 0.15) is 15.9 Å². The van der Waals surface area contributed by atoms with Crippen LogP contribution in [0, 0.1) is 6.92 Å². The molecule has 0 atom stereocenters. The van der Waals surface area contributed by atoms with Gasteiger partial charge in [-0.05, 0) is 19.1 Å². The van der Waals surface area contributed by atoms with Crippen LogP contribution >= 0.6 is 0 Å². The molecule has 0 radical (unpaired) electrons. The lowest BCUT2D eigenvalue weighted by Crippen LogP contribution is -3.00. The predicted molar refractivity (Wildman–Crippen MR) is 68.7 cm³/mol. The van der Waals surface area contributed by atoms with E-state index in [0.717, 1.165) is 38.4 Å². The van der Waals surface area contributed by atoms with E-state index >= 15 is 0 Å². The van der Waals surface area contributed by atoms with Crippen molar-refractivity contribution in [3.8, 4) is 0 Å². The van der Waals surface area contributed by atoms with Crippen molar-refractivity contribution < 1.29 is 26.7 Å². The maximum Gasteiger partial charge on any atom is 0.338 e. The second kappa shape index (κ2) is 8.15. The quantitative estimate of drug-likeness (QED) is 0.630. The van der Waals surface area contributed by atoms with Crippen molar-refractivity contribution in [3.63, 3.8) is 0 Å². The zero-order chi connectivity index (χ0) is 12.8. The number of rotatable bonds is 4. The van der Waals surface area contributed by atoms with Crippen molar-refractivity contribution in [3.05, 3.63) is 35.4 Å². The first kappa shape index (κ1) is 16.0. The number of carbonyl (C=O) groups is 1. The van der Waals surface area contributed by atoms with Crippen LogP contribution < -0.4 is 12.4 Å². The van der Waals surface area contributed by atoms with Crippen LogP contribution in [0.2, 0.25) is 0 Å². The highest BCUT2D eigenvalue weighted by molar-refractivity contribution is 5.89. The van der Waals surface area contributed by atoms with E-state index in [4.69, 9.17) is 9.47 Å². The van der Waals surface area contributed by atoms with Gasteiger partial charge in [-0.15, -0.1) is 0 Å². The van der Waals surface area contributed by atoms with E-state index in [1.165, 1.54) is 0 Å². The highest BCUT2D eigenvalue weighted by atomic mass is 35.5. The van der Waals surface area contributed by atoms with Gasteiger partial charge in [0, 0.05) is 19.6 Å². The fourth-order valence-electron chi connectivity index (χ4n) is 1.95. The van der Waals surface area contributed by atoms with Gasteiger partial charge in [0.25, 0.3) is 0 Å². The van der Waals surface area contributed by atoms with Crippen LogP contribution in [0.3, 0.4) is 0 Å². The van der Waals surface area contributed by atoms with Gasteiger partial charge in [0.15, 0.2) is 0 Å². The first-order valence-electron chi connectivity index (χ1n) is 6.29. The number of nitrogens with zero attached hydrogens (tertiary/aromatic N) is 1. The number of morpholine rings is 1. The smallest absolute Gasteiger partial charge is 0.338 e. The Morgan fingerprint density at radius 3 is 2.79 bits per heavy atom. The third-order valence-electron chi connectivity index (χ3n) is 3.00. The first-order valence-corrected chi connectivity index (χ1v) is 6.29. The molecule has 1 aromatic rings. The molecule has 0 unspecified atom stereocenters. The van der Waals surface area contributed by atoms with Gasteiger partial charge in [-0.25, -0.2) is 4.79 Å². The van der Waals surface area contributed by atoms with Gasteiger partial charge in [-0.2, -0.15) is 0 Å². The number of aryl methyl sites for hydroxylation is 1. The highest BCUT2D eigenvalue weighted by Gasteiger charge is 2.11. The third kappa shape index (κ3) is 5.19. The lowest BCUT2D eigenvalue weighted by atomic mass is 10.1. The Morgan fingerprint density at radius 1 is 1.37 bits per heavy atom. The molecule has 1 heterocycles. The molecule has 1 aliphatic heterocycles. The van der Waals surface area contributed by atoms with E-state index in [-0.39, 0.29) is 18.4 Å². The molecule has 4 nitrogen and oxygen atoms in total. The molecule has 5 heteroatoms. The topological polar surface area (TPSA) is 38.8 Å². The van der Waals surface area contributed by atoms with Crippen molar-refractivity contribution in [2.45, 2.75) is 6.92 Å². The molecule has 0 bridgehead atoms. The van der Waals surface area contributed by atoms with Crippen LogP contribution in [0.4, 0.5) is 0 Å². The molecule has 1 aromatic carbocycles. The number of halogens is 1. The Hall–Kier alpha value is -1.10. The number of carbonyl (C=O) groups excluding carboxylic acids is 1. The van der Waals surface area contributed by atoms with Gasteiger partial charge >= 0.3 is 5.97 Å². The summed E-state index contributed by atoms with van der Waals surface area (Å²) in [4.78, 5) is 14.0. The SMILES string of the molecule is Cc1cccc(C(=O)OCCN2CCOCC2)c1.[Cl-]. The second-order valence-corrected chi connectivity index (χ2v) is 4.46. The van der Waals surface area contributed by atoms with Gasteiger partial charge < -0.3 is 21.9 Å². The first-order chi connectivity index (χ1) is 8.75. The van der Waals surface area contributed by atoms with Crippen molar-refractivity contribution in [2.75, 3.05) is 39.5 Å². The van der Waals surface area contributed by atoms with Gasteiger partial charge in [0.2, 0.25) is 0 Å². The summed E-state index contributed by atoms with van der Waals surface area (Å²) in [6.07, 6.45) is 0. The molecule has 0 saturated carbocycles. The van der Waals surface area contributed by atoms with E-state index in [2.05, 4.69) is 4.90 Å². The summed E-state index contributed by atoms with van der Waals surface area (Å²) in [5, 5.41) is 0. The minimum absolute atomic E-state index is 0. The van der Waals surface area contributed by atoms with Crippen molar-refractivity contribution in [2.24, 2.45) is 0 Å². The van der Waals surface area contributed by atoms with Gasteiger partial charge in [0.05, 0.1) is 18.8 Å². The maximum atomic E-state index is 11.8. The van der Waals surface area contributed by atoms with Crippen molar-refractivity contribution >= 4 is 5.97 Å². The molecule has 0 aliphatic carbocycles. The van der Waals surface area contributed by atoms with Crippen LogP contribution in [0.5, 0.6) is 0 Å². The molecule has 0 amide bonds. The number of hydrogen-bond donors (Lipinski definition) is 0. The number of ether oxygens (including phenoxy) is 2. The lowest BCUT2D eigenvalue weighted by Gasteiger charge is -2.26.